The highest BCUT2D eigenvalue weighted by Gasteiger charge is 2.30. The molecule has 1 unspecified atom stereocenters. The molecular weight excluding hydrogens is 233 g/mol. The highest BCUT2D eigenvalue weighted by molar-refractivity contribution is 5.26. The maximum atomic E-state index is 12.9. The molecule has 3 nitrogen and oxygen atoms in total. The Morgan fingerprint density at radius 2 is 1.94 bits per heavy atom. The van der Waals surface area contributed by atoms with Crippen LogP contribution in [0.4, 0.5) is 4.39 Å². The van der Waals surface area contributed by atoms with Gasteiger partial charge in [-0.25, -0.2) is 4.39 Å². The van der Waals surface area contributed by atoms with Crippen LogP contribution in [0.2, 0.25) is 0 Å². The highest BCUT2D eigenvalue weighted by atomic mass is 19.1. The first kappa shape index (κ1) is 15.1. The quantitative estimate of drug-likeness (QED) is 0.781. The van der Waals surface area contributed by atoms with Gasteiger partial charge in [-0.3, -0.25) is 0 Å². The summed E-state index contributed by atoms with van der Waals surface area (Å²) < 4.78 is 18.4. The van der Waals surface area contributed by atoms with E-state index >= 15 is 0 Å². The molecule has 0 bridgehead atoms. The molecule has 0 aliphatic carbocycles. The van der Waals surface area contributed by atoms with Crippen molar-refractivity contribution in [1.82, 2.24) is 0 Å². The van der Waals surface area contributed by atoms with Gasteiger partial charge in [0.1, 0.15) is 5.82 Å². The molecule has 4 heteroatoms. The van der Waals surface area contributed by atoms with E-state index in [4.69, 9.17) is 10.5 Å². The van der Waals surface area contributed by atoms with Gasteiger partial charge in [0.05, 0.1) is 12.7 Å². The zero-order valence-electron chi connectivity index (χ0n) is 11.0. The summed E-state index contributed by atoms with van der Waals surface area (Å²) in [5.74, 6) is -0.291. The number of aliphatic hydroxyl groups excluding tert-OH is 1. The molecule has 102 valence electrons. The van der Waals surface area contributed by atoms with Gasteiger partial charge in [-0.1, -0.05) is 12.1 Å². The molecule has 0 fully saturated rings. The number of aliphatic hydroxyl groups is 1. The van der Waals surface area contributed by atoms with Crippen LogP contribution in [0.25, 0.3) is 0 Å². The lowest BCUT2D eigenvalue weighted by molar-refractivity contribution is 0.0545. The lowest BCUT2D eigenvalue weighted by Crippen LogP contribution is -2.40. The minimum absolute atomic E-state index is 0.0728. The molecule has 0 heterocycles. The lowest BCUT2D eigenvalue weighted by atomic mass is 9.78. The maximum absolute atomic E-state index is 12.9. The molecule has 18 heavy (non-hydrogen) atoms. The SMILES string of the molecule is CC(C)OCCC(CN)(CO)c1ccc(F)cc1. The van der Waals surface area contributed by atoms with Crippen LogP contribution in [0, 0.1) is 5.82 Å². The summed E-state index contributed by atoms with van der Waals surface area (Å²) in [6.45, 7) is 4.67. The Morgan fingerprint density at radius 1 is 1.33 bits per heavy atom. The first-order valence-corrected chi connectivity index (χ1v) is 6.22. The normalized spacial score (nSPS) is 14.8. The third-order valence-corrected chi connectivity index (χ3v) is 3.18. The van der Waals surface area contributed by atoms with Crippen molar-refractivity contribution in [1.29, 1.82) is 0 Å². The Hall–Kier alpha value is -0.970. The largest absolute Gasteiger partial charge is 0.395 e. The fraction of sp³-hybridized carbons (Fsp3) is 0.571. The van der Waals surface area contributed by atoms with Crippen LogP contribution in [0.5, 0.6) is 0 Å². The van der Waals surface area contributed by atoms with Crippen molar-refractivity contribution in [3.8, 4) is 0 Å². The maximum Gasteiger partial charge on any atom is 0.123 e. The van der Waals surface area contributed by atoms with Crippen LogP contribution in [0.3, 0.4) is 0 Å². The molecule has 0 spiro atoms. The second-order valence-electron chi connectivity index (χ2n) is 4.82. The van der Waals surface area contributed by atoms with Crippen LogP contribution >= 0.6 is 0 Å². The van der Waals surface area contributed by atoms with Crippen molar-refractivity contribution >= 4 is 0 Å². The summed E-state index contributed by atoms with van der Waals surface area (Å²) in [7, 11) is 0. The summed E-state index contributed by atoms with van der Waals surface area (Å²) >= 11 is 0. The minimum Gasteiger partial charge on any atom is -0.395 e. The van der Waals surface area contributed by atoms with Crippen molar-refractivity contribution in [3.05, 3.63) is 35.6 Å². The lowest BCUT2D eigenvalue weighted by Gasteiger charge is -2.31. The van der Waals surface area contributed by atoms with E-state index in [1.54, 1.807) is 12.1 Å². The summed E-state index contributed by atoms with van der Waals surface area (Å²) in [4.78, 5) is 0. The van der Waals surface area contributed by atoms with Crippen molar-refractivity contribution < 1.29 is 14.2 Å². The van der Waals surface area contributed by atoms with Crippen LogP contribution in [-0.4, -0.2) is 31.0 Å². The second kappa shape index (κ2) is 6.83. The van der Waals surface area contributed by atoms with Gasteiger partial charge in [-0.2, -0.15) is 0 Å². The van der Waals surface area contributed by atoms with E-state index < -0.39 is 5.41 Å². The van der Waals surface area contributed by atoms with Crippen molar-refractivity contribution in [2.24, 2.45) is 5.73 Å². The van der Waals surface area contributed by atoms with E-state index in [9.17, 15) is 9.50 Å². The Morgan fingerprint density at radius 3 is 2.39 bits per heavy atom. The number of hydrogen-bond donors (Lipinski definition) is 2. The highest BCUT2D eigenvalue weighted by Crippen LogP contribution is 2.27. The molecule has 0 radical (unpaired) electrons. The topological polar surface area (TPSA) is 55.5 Å². The van der Waals surface area contributed by atoms with E-state index in [2.05, 4.69) is 0 Å². The third kappa shape index (κ3) is 3.77. The molecule has 0 aromatic heterocycles. The molecular formula is C14H22FNO2. The average molecular weight is 255 g/mol. The van der Waals surface area contributed by atoms with E-state index in [1.165, 1.54) is 12.1 Å². The Kier molecular flexibility index (Phi) is 5.72. The zero-order valence-corrected chi connectivity index (χ0v) is 11.0. The van der Waals surface area contributed by atoms with Gasteiger partial charge in [-0.15, -0.1) is 0 Å². The number of nitrogens with two attached hydrogens (primary N) is 1. The van der Waals surface area contributed by atoms with Crippen molar-refractivity contribution in [3.63, 3.8) is 0 Å². The molecule has 1 aromatic rings. The van der Waals surface area contributed by atoms with E-state index in [-0.39, 0.29) is 18.5 Å². The minimum atomic E-state index is -0.553. The first-order valence-electron chi connectivity index (χ1n) is 6.22. The smallest absolute Gasteiger partial charge is 0.123 e. The van der Waals surface area contributed by atoms with Crippen LogP contribution in [-0.2, 0) is 10.2 Å². The molecule has 0 amide bonds. The van der Waals surface area contributed by atoms with Gasteiger partial charge in [0, 0.05) is 18.6 Å². The van der Waals surface area contributed by atoms with Crippen LogP contribution in [0.1, 0.15) is 25.8 Å². The van der Waals surface area contributed by atoms with Crippen molar-refractivity contribution in [2.75, 3.05) is 19.8 Å². The third-order valence-electron chi connectivity index (χ3n) is 3.18. The molecule has 1 aromatic carbocycles. The Bertz CT molecular complexity index is 347. The van der Waals surface area contributed by atoms with Crippen LogP contribution < -0.4 is 5.73 Å². The number of benzene rings is 1. The molecule has 0 aliphatic heterocycles. The molecule has 0 saturated carbocycles. The second-order valence-corrected chi connectivity index (χ2v) is 4.82. The predicted octanol–water partition coefficient (Wildman–Crippen LogP) is 1.83. The van der Waals surface area contributed by atoms with E-state index in [0.717, 1.165) is 5.56 Å². The molecule has 1 atom stereocenters. The summed E-state index contributed by atoms with van der Waals surface area (Å²) in [6, 6.07) is 6.12. The molecule has 1 rings (SSSR count). The van der Waals surface area contributed by atoms with E-state index in [0.29, 0.717) is 19.6 Å². The van der Waals surface area contributed by atoms with Gasteiger partial charge in [0.2, 0.25) is 0 Å². The molecule has 0 aliphatic rings. The van der Waals surface area contributed by atoms with Crippen molar-refractivity contribution in [2.45, 2.75) is 31.8 Å². The summed E-state index contributed by atoms with van der Waals surface area (Å²) in [6.07, 6.45) is 0.761. The molecule has 3 N–H and O–H groups in total. The first-order chi connectivity index (χ1) is 8.54. The van der Waals surface area contributed by atoms with Gasteiger partial charge in [-0.05, 0) is 38.0 Å². The number of hydrogen-bond acceptors (Lipinski definition) is 3. The zero-order chi connectivity index (χ0) is 13.6. The predicted molar refractivity (Wildman–Crippen MR) is 69.9 cm³/mol. The van der Waals surface area contributed by atoms with Gasteiger partial charge < -0.3 is 15.6 Å². The standard InChI is InChI=1S/C14H22FNO2/c1-11(2)18-8-7-14(9-16,10-17)12-3-5-13(15)6-4-12/h3-6,11,17H,7-10,16H2,1-2H3. The fourth-order valence-corrected chi connectivity index (χ4v) is 1.89. The summed E-state index contributed by atoms with van der Waals surface area (Å²) in [5, 5.41) is 9.64. The number of halogens is 1. The summed E-state index contributed by atoms with van der Waals surface area (Å²) in [5.41, 5.74) is 6.09. The molecule has 0 saturated heterocycles. The van der Waals surface area contributed by atoms with Gasteiger partial charge >= 0.3 is 0 Å². The Labute approximate surface area is 108 Å². The number of rotatable bonds is 7. The van der Waals surface area contributed by atoms with Gasteiger partial charge in [0.25, 0.3) is 0 Å². The van der Waals surface area contributed by atoms with Gasteiger partial charge in [0.15, 0.2) is 0 Å². The number of ether oxygens (including phenoxy) is 1. The van der Waals surface area contributed by atoms with E-state index in [1.807, 2.05) is 13.8 Å². The average Bonchev–Trinajstić information content (AvgIpc) is 2.36. The monoisotopic (exact) mass is 255 g/mol. The van der Waals surface area contributed by atoms with Crippen LogP contribution in [0.15, 0.2) is 24.3 Å². The fourth-order valence-electron chi connectivity index (χ4n) is 1.89. The Balaban J connectivity index is 2.81.